The summed E-state index contributed by atoms with van der Waals surface area (Å²) in [6.45, 7) is 4.63. The predicted molar refractivity (Wildman–Crippen MR) is 126 cm³/mol. The van der Waals surface area contributed by atoms with Crippen molar-refractivity contribution in [3.63, 3.8) is 0 Å². The molecular formula is C27H23NO6. The molecule has 1 atom stereocenters. The number of carbonyl (C=O) groups is 2. The van der Waals surface area contributed by atoms with E-state index >= 15 is 0 Å². The molecule has 1 fully saturated rings. The molecule has 0 aromatic heterocycles. The van der Waals surface area contributed by atoms with Gasteiger partial charge in [0.25, 0.3) is 11.7 Å². The van der Waals surface area contributed by atoms with Crippen LogP contribution in [0.3, 0.4) is 0 Å². The Hall–Kier alpha value is -4.26. The van der Waals surface area contributed by atoms with Gasteiger partial charge < -0.3 is 19.7 Å². The van der Waals surface area contributed by atoms with E-state index in [-0.39, 0.29) is 17.1 Å². The number of aliphatic hydroxyl groups excluding tert-OH is 1. The zero-order chi connectivity index (χ0) is 24.0. The largest absolute Gasteiger partial charge is 0.508 e. The van der Waals surface area contributed by atoms with Gasteiger partial charge in [-0.05, 0) is 61.4 Å². The van der Waals surface area contributed by atoms with Crippen molar-refractivity contribution in [3.05, 3.63) is 88.5 Å². The first-order valence-corrected chi connectivity index (χ1v) is 10.9. The van der Waals surface area contributed by atoms with Gasteiger partial charge in [-0.1, -0.05) is 29.8 Å². The van der Waals surface area contributed by atoms with Crippen LogP contribution in [-0.4, -0.2) is 35.1 Å². The molecule has 3 aromatic carbocycles. The lowest BCUT2D eigenvalue weighted by molar-refractivity contribution is -0.132. The van der Waals surface area contributed by atoms with Gasteiger partial charge in [-0.3, -0.25) is 14.5 Å². The molecule has 1 saturated heterocycles. The van der Waals surface area contributed by atoms with E-state index in [2.05, 4.69) is 0 Å². The molecule has 5 rings (SSSR count). The van der Waals surface area contributed by atoms with Crippen molar-refractivity contribution < 1.29 is 29.3 Å². The van der Waals surface area contributed by atoms with Crippen LogP contribution >= 0.6 is 0 Å². The zero-order valence-corrected chi connectivity index (χ0v) is 18.7. The second-order valence-electron chi connectivity index (χ2n) is 8.41. The number of nitrogens with zero attached hydrogens (tertiary/aromatic N) is 1. The van der Waals surface area contributed by atoms with Crippen LogP contribution in [0, 0.1) is 13.8 Å². The van der Waals surface area contributed by atoms with Crippen LogP contribution in [0.5, 0.6) is 17.2 Å². The maximum absolute atomic E-state index is 13.3. The first-order valence-electron chi connectivity index (χ1n) is 10.9. The number of phenolic OH excluding ortho intramolecular Hbond substituents is 1. The summed E-state index contributed by atoms with van der Waals surface area (Å²) in [6.07, 6.45) is 0. The first-order chi connectivity index (χ1) is 16.3. The van der Waals surface area contributed by atoms with E-state index in [9.17, 15) is 19.8 Å². The highest BCUT2D eigenvalue weighted by molar-refractivity contribution is 6.51. The third-order valence-corrected chi connectivity index (χ3v) is 6.08. The maximum Gasteiger partial charge on any atom is 0.300 e. The fourth-order valence-corrected chi connectivity index (χ4v) is 4.47. The summed E-state index contributed by atoms with van der Waals surface area (Å²) in [5.41, 5.74) is 3.31. The van der Waals surface area contributed by atoms with E-state index in [1.165, 1.54) is 17.0 Å². The summed E-state index contributed by atoms with van der Waals surface area (Å²) in [6, 6.07) is 15.9. The fraction of sp³-hybridized carbons (Fsp3) is 0.185. The molecule has 2 N–H and O–H groups in total. The molecule has 2 aliphatic heterocycles. The number of ketones is 1. The minimum Gasteiger partial charge on any atom is -0.508 e. The van der Waals surface area contributed by atoms with Gasteiger partial charge in [-0.2, -0.15) is 0 Å². The Morgan fingerprint density at radius 2 is 1.62 bits per heavy atom. The van der Waals surface area contributed by atoms with Gasteiger partial charge in [0.2, 0.25) is 0 Å². The third-order valence-electron chi connectivity index (χ3n) is 6.08. The molecule has 0 spiro atoms. The number of aromatic hydroxyl groups is 1. The normalized spacial score (nSPS) is 18.9. The number of carbonyl (C=O) groups excluding carboxylic acids is 2. The van der Waals surface area contributed by atoms with Crippen molar-refractivity contribution in [1.29, 1.82) is 0 Å². The van der Waals surface area contributed by atoms with Gasteiger partial charge in [0, 0.05) is 11.3 Å². The van der Waals surface area contributed by atoms with E-state index in [4.69, 9.17) is 9.47 Å². The molecule has 1 amide bonds. The summed E-state index contributed by atoms with van der Waals surface area (Å²) in [5.74, 6) is -0.761. The molecule has 2 aliphatic rings. The van der Waals surface area contributed by atoms with Crippen LogP contribution < -0.4 is 14.4 Å². The number of Topliss-reactive ketones (excluding diaryl/α,β-unsaturated/α-hetero) is 1. The van der Waals surface area contributed by atoms with Gasteiger partial charge in [0.05, 0.1) is 11.6 Å². The highest BCUT2D eigenvalue weighted by atomic mass is 16.6. The quantitative estimate of drug-likeness (QED) is 0.344. The van der Waals surface area contributed by atoms with Crippen molar-refractivity contribution in [2.75, 3.05) is 18.1 Å². The van der Waals surface area contributed by atoms with Crippen molar-refractivity contribution in [2.24, 2.45) is 0 Å². The SMILES string of the molecule is Cc1ccc(N2C(=O)C(=O)/C(=C(\O)c3ccc4c(c3)OCCO4)C2c2ccc(O)cc2)c(C)c1. The number of hydrogen-bond acceptors (Lipinski definition) is 6. The van der Waals surface area contributed by atoms with Gasteiger partial charge >= 0.3 is 0 Å². The molecular weight excluding hydrogens is 434 g/mol. The number of benzene rings is 3. The third kappa shape index (κ3) is 3.55. The highest BCUT2D eigenvalue weighted by Gasteiger charge is 2.47. The Balaban J connectivity index is 1.71. The van der Waals surface area contributed by atoms with E-state index in [0.29, 0.717) is 41.5 Å². The van der Waals surface area contributed by atoms with Crippen LogP contribution in [0.2, 0.25) is 0 Å². The molecule has 34 heavy (non-hydrogen) atoms. The van der Waals surface area contributed by atoms with Gasteiger partial charge in [0.15, 0.2) is 11.5 Å². The van der Waals surface area contributed by atoms with Crippen molar-refractivity contribution in [2.45, 2.75) is 19.9 Å². The zero-order valence-electron chi connectivity index (χ0n) is 18.7. The average Bonchev–Trinajstić information content (AvgIpc) is 3.09. The molecule has 0 saturated carbocycles. The molecule has 0 radical (unpaired) electrons. The van der Waals surface area contributed by atoms with Crippen LogP contribution in [0.4, 0.5) is 5.69 Å². The molecule has 2 heterocycles. The van der Waals surface area contributed by atoms with Crippen molar-refractivity contribution in [1.82, 2.24) is 0 Å². The average molecular weight is 457 g/mol. The van der Waals surface area contributed by atoms with Gasteiger partial charge in [-0.25, -0.2) is 0 Å². The van der Waals surface area contributed by atoms with E-state index < -0.39 is 17.7 Å². The number of amides is 1. The smallest absolute Gasteiger partial charge is 0.300 e. The lowest BCUT2D eigenvalue weighted by Crippen LogP contribution is -2.30. The number of aliphatic hydroxyl groups is 1. The number of hydrogen-bond donors (Lipinski definition) is 2. The number of phenols is 1. The molecule has 7 heteroatoms. The summed E-state index contributed by atoms with van der Waals surface area (Å²) in [7, 11) is 0. The molecule has 3 aromatic rings. The van der Waals surface area contributed by atoms with E-state index in [1.54, 1.807) is 36.4 Å². The van der Waals surface area contributed by atoms with Crippen LogP contribution in [-0.2, 0) is 9.59 Å². The van der Waals surface area contributed by atoms with Crippen molar-refractivity contribution in [3.8, 4) is 17.2 Å². The highest BCUT2D eigenvalue weighted by Crippen LogP contribution is 2.44. The second-order valence-corrected chi connectivity index (χ2v) is 8.41. The first kappa shape index (κ1) is 21.6. The molecule has 0 bridgehead atoms. The number of anilines is 1. The Kier molecular flexibility index (Phi) is 5.24. The van der Waals surface area contributed by atoms with Gasteiger partial charge in [0.1, 0.15) is 24.7 Å². The van der Waals surface area contributed by atoms with E-state index in [1.807, 2.05) is 26.0 Å². The standard InChI is InChI=1S/C27H23NO6/c1-15-3-9-20(16(2)13-15)28-24(17-4-7-19(29)8-5-17)23(26(31)27(28)32)25(30)18-6-10-21-22(14-18)34-12-11-33-21/h3-10,13-14,24,29-30H,11-12H2,1-2H3/b25-23-. The Morgan fingerprint density at radius 1 is 0.912 bits per heavy atom. The number of rotatable bonds is 3. The summed E-state index contributed by atoms with van der Waals surface area (Å²) < 4.78 is 11.2. The minimum absolute atomic E-state index is 0.0349. The molecule has 1 unspecified atom stereocenters. The second kappa shape index (κ2) is 8.26. The molecule has 0 aliphatic carbocycles. The molecule has 172 valence electrons. The number of fused-ring (bicyclic) bond motifs is 1. The predicted octanol–water partition coefficient (Wildman–Crippen LogP) is 4.41. The maximum atomic E-state index is 13.3. The van der Waals surface area contributed by atoms with Gasteiger partial charge in [-0.15, -0.1) is 0 Å². The fourth-order valence-electron chi connectivity index (χ4n) is 4.47. The summed E-state index contributed by atoms with van der Waals surface area (Å²) >= 11 is 0. The van der Waals surface area contributed by atoms with E-state index in [0.717, 1.165) is 11.1 Å². The summed E-state index contributed by atoms with van der Waals surface area (Å²) in [5, 5.41) is 21.1. The van der Waals surface area contributed by atoms with Crippen LogP contribution in [0.15, 0.2) is 66.2 Å². The van der Waals surface area contributed by atoms with Crippen LogP contribution in [0.25, 0.3) is 5.76 Å². The van der Waals surface area contributed by atoms with Crippen molar-refractivity contribution >= 4 is 23.1 Å². The Labute approximate surface area is 196 Å². The Bertz CT molecular complexity index is 1340. The van der Waals surface area contributed by atoms with Crippen LogP contribution in [0.1, 0.15) is 28.3 Å². The summed E-state index contributed by atoms with van der Waals surface area (Å²) in [4.78, 5) is 28.0. The minimum atomic E-state index is -0.879. The lowest BCUT2D eigenvalue weighted by Gasteiger charge is -2.27. The lowest BCUT2D eigenvalue weighted by atomic mass is 9.94. The molecule has 7 nitrogen and oxygen atoms in total. The monoisotopic (exact) mass is 457 g/mol. The Morgan fingerprint density at radius 3 is 2.32 bits per heavy atom. The topological polar surface area (TPSA) is 96.3 Å². The number of aryl methyl sites for hydroxylation is 2. The number of ether oxygens (including phenoxy) is 2.